The van der Waals surface area contributed by atoms with Gasteiger partial charge in [0.1, 0.15) is 0 Å². The molecule has 0 saturated carbocycles. The smallest absolute Gasteiger partial charge is 0.416 e. The van der Waals surface area contributed by atoms with E-state index >= 15 is 0 Å². The van der Waals surface area contributed by atoms with Crippen molar-refractivity contribution >= 4 is 29.2 Å². The van der Waals surface area contributed by atoms with Crippen molar-refractivity contribution in [2.24, 2.45) is 0 Å². The number of pyridine rings is 1. The van der Waals surface area contributed by atoms with Crippen molar-refractivity contribution in [1.29, 1.82) is 0 Å². The molecular formula is C33H28F3N4O4-. The summed E-state index contributed by atoms with van der Waals surface area (Å²) in [6.45, 7) is 1.62. The highest BCUT2D eigenvalue weighted by atomic mass is 19.4. The van der Waals surface area contributed by atoms with Crippen LogP contribution in [0.1, 0.15) is 61.5 Å². The summed E-state index contributed by atoms with van der Waals surface area (Å²) in [7, 11) is 0. The van der Waals surface area contributed by atoms with Gasteiger partial charge in [0.15, 0.2) is 0 Å². The lowest BCUT2D eigenvalue weighted by atomic mass is 10.0. The number of nitrogens with zero attached hydrogens (tertiary/aromatic N) is 2. The van der Waals surface area contributed by atoms with Gasteiger partial charge in [0.05, 0.1) is 22.9 Å². The molecule has 5 rings (SSSR count). The van der Waals surface area contributed by atoms with Crippen LogP contribution in [-0.2, 0) is 12.7 Å². The van der Waals surface area contributed by atoms with Gasteiger partial charge in [-0.1, -0.05) is 24.3 Å². The van der Waals surface area contributed by atoms with Crippen molar-refractivity contribution in [2.75, 3.05) is 23.3 Å². The van der Waals surface area contributed by atoms with Crippen LogP contribution in [-0.4, -0.2) is 35.9 Å². The summed E-state index contributed by atoms with van der Waals surface area (Å²) in [5.41, 5.74) is 1.93. The van der Waals surface area contributed by atoms with Gasteiger partial charge in [0, 0.05) is 48.2 Å². The quantitative estimate of drug-likeness (QED) is 0.283. The minimum atomic E-state index is -4.49. The molecule has 1 aromatic heterocycles. The highest BCUT2D eigenvalue weighted by molar-refractivity contribution is 6.07. The number of carboxylic acid groups (broad SMARTS) is 1. The molecule has 2 heterocycles. The molecule has 8 nitrogen and oxygen atoms in total. The van der Waals surface area contributed by atoms with Gasteiger partial charge in [-0.25, -0.2) is 0 Å². The zero-order chi connectivity index (χ0) is 31.3. The zero-order valence-electron chi connectivity index (χ0n) is 23.5. The molecule has 0 spiro atoms. The SMILES string of the molecule is O=C([O-])c1cccc(C(=O)Nc2ccc(N3CCCCC3)cc2-c2cc(C(=O)NCc3cccc(C(F)(F)F)c3)ccn2)c1. The van der Waals surface area contributed by atoms with E-state index in [-0.39, 0.29) is 23.2 Å². The number of rotatable bonds is 8. The normalized spacial score (nSPS) is 13.3. The number of hydrogen-bond donors (Lipinski definition) is 2. The topological polar surface area (TPSA) is 114 Å². The number of nitrogens with one attached hydrogen (secondary N) is 2. The number of halogens is 3. The van der Waals surface area contributed by atoms with E-state index < -0.39 is 29.5 Å². The molecule has 3 aromatic carbocycles. The van der Waals surface area contributed by atoms with Gasteiger partial charge in [0.25, 0.3) is 11.8 Å². The average Bonchev–Trinajstić information content (AvgIpc) is 3.04. The Balaban J connectivity index is 1.42. The second-order valence-electron chi connectivity index (χ2n) is 10.4. The lowest BCUT2D eigenvalue weighted by Gasteiger charge is -2.29. The fourth-order valence-electron chi connectivity index (χ4n) is 5.04. The molecule has 11 heteroatoms. The second kappa shape index (κ2) is 13.0. The number of hydrogen-bond acceptors (Lipinski definition) is 6. The molecule has 0 unspecified atom stereocenters. The van der Waals surface area contributed by atoms with Crippen molar-refractivity contribution in [1.82, 2.24) is 10.3 Å². The van der Waals surface area contributed by atoms with E-state index in [1.54, 1.807) is 12.1 Å². The van der Waals surface area contributed by atoms with E-state index in [4.69, 9.17) is 0 Å². The first-order valence-electron chi connectivity index (χ1n) is 14.0. The van der Waals surface area contributed by atoms with E-state index in [9.17, 15) is 32.7 Å². The molecule has 2 N–H and O–H groups in total. The first-order valence-corrected chi connectivity index (χ1v) is 14.0. The van der Waals surface area contributed by atoms with Crippen molar-refractivity contribution in [3.63, 3.8) is 0 Å². The third-order valence-corrected chi connectivity index (χ3v) is 7.34. The van der Waals surface area contributed by atoms with Crippen LogP contribution in [0, 0.1) is 0 Å². The van der Waals surface area contributed by atoms with Gasteiger partial charge in [-0.2, -0.15) is 13.2 Å². The fourth-order valence-corrected chi connectivity index (χ4v) is 5.04. The molecule has 1 fully saturated rings. The minimum Gasteiger partial charge on any atom is -0.545 e. The molecule has 0 radical (unpaired) electrons. The number of carbonyl (C=O) groups excluding carboxylic acids is 3. The van der Waals surface area contributed by atoms with Crippen LogP contribution in [0.3, 0.4) is 0 Å². The summed E-state index contributed by atoms with van der Waals surface area (Å²) in [5.74, 6) is -2.46. The maximum atomic E-state index is 13.2. The zero-order valence-corrected chi connectivity index (χ0v) is 23.5. The molecule has 44 heavy (non-hydrogen) atoms. The number of aromatic nitrogens is 1. The molecule has 0 aliphatic carbocycles. The molecule has 1 aliphatic rings. The predicted octanol–water partition coefficient (Wildman–Crippen LogP) is 5.30. The summed E-state index contributed by atoms with van der Waals surface area (Å²) in [4.78, 5) is 44.2. The lowest BCUT2D eigenvalue weighted by molar-refractivity contribution is -0.255. The Morgan fingerprint density at radius 3 is 2.30 bits per heavy atom. The monoisotopic (exact) mass is 601 g/mol. The van der Waals surface area contributed by atoms with Crippen LogP contribution in [0.5, 0.6) is 0 Å². The molecule has 226 valence electrons. The van der Waals surface area contributed by atoms with Crippen LogP contribution in [0.2, 0.25) is 0 Å². The van der Waals surface area contributed by atoms with Crippen LogP contribution >= 0.6 is 0 Å². The standard InChI is InChI=1S/C33H29F3N4O4/c34-33(35,36)25-9-4-6-21(16-25)20-38-30(41)23-12-13-37-29(18-23)27-19-26(40-14-2-1-3-15-40)10-11-28(27)39-31(42)22-7-5-8-24(17-22)32(43)44/h4-13,16-19H,1-3,14-15,20H2,(H,38,41)(H,39,42)(H,43,44)/p-1. The highest BCUT2D eigenvalue weighted by Crippen LogP contribution is 2.33. The Hall–Kier alpha value is -5.19. The third kappa shape index (κ3) is 7.23. The van der Waals surface area contributed by atoms with Crippen molar-refractivity contribution in [2.45, 2.75) is 32.0 Å². The molecule has 0 atom stereocenters. The van der Waals surface area contributed by atoms with Gasteiger partial charge in [-0.3, -0.25) is 14.6 Å². The fraction of sp³-hybridized carbons (Fsp3) is 0.212. The van der Waals surface area contributed by atoms with Crippen LogP contribution in [0.25, 0.3) is 11.3 Å². The van der Waals surface area contributed by atoms with E-state index in [0.717, 1.165) is 50.2 Å². The van der Waals surface area contributed by atoms with Crippen molar-refractivity contribution in [3.05, 3.63) is 113 Å². The van der Waals surface area contributed by atoms with Crippen molar-refractivity contribution < 1.29 is 32.7 Å². The maximum absolute atomic E-state index is 13.2. The molecular weight excluding hydrogens is 573 g/mol. The molecule has 2 amide bonds. The number of alkyl halides is 3. The van der Waals surface area contributed by atoms with Crippen LogP contribution in [0.15, 0.2) is 85.1 Å². The van der Waals surface area contributed by atoms with Gasteiger partial charge in [0.2, 0.25) is 0 Å². The highest BCUT2D eigenvalue weighted by Gasteiger charge is 2.30. The number of piperidine rings is 1. The Morgan fingerprint density at radius 1 is 0.818 bits per heavy atom. The Labute approximate surface area is 251 Å². The molecule has 1 aliphatic heterocycles. The summed E-state index contributed by atoms with van der Waals surface area (Å²) < 4.78 is 39.3. The summed E-state index contributed by atoms with van der Waals surface area (Å²) in [5, 5.41) is 16.8. The summed E-state index contributed by atoms with van der Waals surface area (Å²) in [6, 6.07) is 18.8. The molecule has 4 aromatic rings. The van der Waals surface area contributed by atoms with E-state index in [1.807, 2.05) is 12.1 Å². The molecule has 0 bridgehead atoms. The lowest BCUT2D eigenvalue weighted by Crippen LogP contribution is -2.29. The second-order valence-corrected chi connectivity index (χ2v) is 10.4. The number of carbonyl (C=O) groups is 3. The maximum Gasteiger partial charge on any atom is 0.416 e. The summed E-state index contributed by atoms with van der Waals surface area (Å²) >= 11 is 0. The van der Waals surface area contributed by atoms with Gasteiger partial charge >= 0.3 is 6.18 Å². The first kappa shape index (κ1) is 30.3. The summed E-state index contributed by atoms with van der Waals surface area (Å²) in [6.07, 6.45) is 0.176. The first-order chi connectivity index (χ1) is 21.1. The average molecular weight is 602 g/mol. The Bertz CT molecular complexity index is 1700. The largest absolute Gasteiger partial charge is 0.545 e. The number of benzene rings is 3. The number of aromatic carboxylic acids is 1. The third-order valence-electron chi connectivity index (χ3n) is 7.34. The van der Waals surface area contributed by atoms with Gasteiger partial charge in [-0.15, -0.1) is 0 Å². The van der Waals surface area contributed by atoms with E-state index in [1.165, 1.54) is 48.7 Å². The Morgan fingerprint density at radius 2 is 1.55 bits per heavy atom. The Kier molecular flexibility index (Phi) is 8.94. The van der Waals surface area contributed by atoms with E-state index in [0.29, 0.717) is 22.5 Å². The van der Waals surface area contributed by atoms with Crippen molar-refractivity contribution in [3.8, 4) is 11.3 Å². The van der Waals surface area contributed by atoms with E-state index in [2.05, 4.69) is 20.5 Å². The van der Waals surface area contributed by atoms with Gasteiger partial charge in [-0.05, 0) is 85.0 Å². The van der Waals surface area contributed by atoms with Crippen LogP contribution < -0.4 is 20.6 Å². The van der Waals surface area contributed by atoms with Gasteiger partial charge < -0.3 is 25.4 Å². The minimum absolute atomic E-state index is 0.114. The number of carboxylic acids is 1. The molecule has 1 saturated heterocycles. The predicted molar refractivity (Wildman–Crippen MR) is 157 cm³/mol. The van der Waals surface area contributed by atoms with Crippen LogP contribution in [0.4, 0.5) is 24.5 Å². The number of anilines is 2. The number of amides is 2.